The van der Waals surface area contributed by atoms with E-state index >= 15 is 0 Å². The maximum atomic E-state index is 11.9. The maximum absolute atomic E-state index is 11.9. The summed E-state index contributed by atoms with van der Waals surface area (Å²) in [6.07, 6.45) is 5.56. The fraction of sp³-hybridized carbons (Fsp3) is 0.346. The molecule has 0 fully saturated rings. The van der Waals surface area contributed by atoms with Gasteiger partial charge in [-0.3, -0.25) is 5.21 Å². The van der Waals surface area contributed by atoms with Crippen molar-refractivity contribution >= 4 is 28.0 Å². The van der Waals surface area contributed by atoms with Crippen LogP contribution in [-0.4, -0.2) is 34.2 Å². The highest BCUT2D eigenvalue weighted by molar-refractivity contribution is 6.00. The first-order chi connectivity index (χ1) is 16.7. The molecule has 2 aromatic heterocycles. The lowest BCUT2D eigenvalue weighted by Crippen LogP contribution is -2.30. The lowest BCUT2D eigenvalue weighted by atomic mass is 10.2. The first-order valence-corrected chi connectivity index (χ1v) is 11.8. The third kappa shape index (κ3) is 5.57. The van der Waals surface area contributed by atoms with Gasteiger partial charge in [0.05, 0.1) is 5.39 Å². The fourth-order valence-corrected chi connectivity index (χ4v) is 3.85. The van der Waals surface area contributed by atoms with Gasteiger partial charge in [0.2, 0.25) is 0 Å². The highest BCUT2D eigenvalue weighted by Gasteiger charge is 2.21. The van der Waals surface area contributed by atoms with Crippen molar-refractivity contribution in [3.8, 4) is 0 Å². The number of nitrogens with zero attached hydrogens (tertiary/aromatic N) is 3. The van der Waals surface area contributed by atoms with E-state index in [-0.39, 0.29) is 6.61 Å². The summed E-state index contributed by atoms with van der Waals surface area (Å²) in [7, 11) is 0. The zero-order valence-corrected chi connectivity index (χ0v) is 19.4. The average molecular weight is 464 g/mol. The van der Waals surface area contributed by atoms with Gasteiger partial charge in [0, 0.05) is 23.8 Å². The molecule has 2 aromatic carbocycles. The molecule has 4 aromatic rings. The number of alkyl carbamates (subject to hydrolysis) is 1. The monoisotopic (exact) mass is 463 g/mol. The van der Waals surface area contributed by atoms with E-state index in [4.69, 9.17) is 14.6 Å². The molecule has 4 rings (SSSR count). The van der Waals surface area contributed by atoms with E-state index in [2.05, 4.69) is 12.2 Å². The molecule has 0 saturated heterocycles. The average Bonchev–Trinajstić information content (AvgIpc) is 3.21. The number of fused-ring (bicyclic) bond motifs is 3. The van der Waals surface area contributed by atoms with Gasteiger partial charge in [-0.15, -0.1) is 0 Å². The molecule has 8 nitrogen and oxygen atoms in total. The smallest absolute Gasteiger partial charge is 0.407 e. The number of carbonyl (C=O) groups excluding carboxylic acids is 1. The summed E-state index contributed by atoms with van der Waals surface area (Å²) in [5.41, 5.74) is 3.20. The van der Waals surface area contributed by atoms with Crippen LogP contribution in [0.3, 0.4) is 0 Å². The number of unbranched alkanes of at least 4 members (excludes halogenated alkanes) is 2. The van der Waals surface area contributed by atoms with Gasteiger partial charge in [-0.25, -0.2) is 9.78 Å². The highest BCUT2D eigenvalue weighted by atomic mass is 16.7. The van der Waals surface area contributed by atoms with Crippen LogP contribution in [0.4, 0.5) is 4.79 Å². The standard InChI is InChI=1S/C26H30N4O4/c1-2-3-15-24-28-22-18-29(32)23-14-8-7-13-21(23)25(22)30(24)34-17-10-9-16-27-26(31)33-19-20-11-5-4-6-12-20/h4-8,11-14,18H,2-3,9-10,15-17,19H2,1H3,(H-,27,31,32)/p+1. The molecule has 0 bridgehead atoms. The van der Waals surface area contributed by atoms with Crippen molar-refractivity contribution in [1.82, 2.24) is 15.0 Å². The summed E-state index contributed by atoms with van der Waals surface area (Å²) in [6.45, 7) is 3.39. The van der Waals surface area contributed by atoms with Crippen LogP contribution >= 0.6 is 0 Å². The summed E-state index contributed by atoms with van der Waals surface area (Å²) < 4.78 is 8.16. The third-order valence-electron chi connectivity index (χ3n) is 5.61. The predicted molar refractivity (Wildman–Crippen MR) is 129 cm³/mol. The number of imidazole rings is 1. The van der Waals surface area contributed by atoms with Gasteiger partial charge in [0.15, 0.2) is 5.52 Å². The Bertz CT molecular complexity index is 1240. The molecular formula is C26H31N4O4+. The second-order valence-corrected chi connectivity index (χ2v) is 8.18. The van der Waals surface area contributed by atoms with Gasteiger partial charge < -0.3 is 14.9 Å². The molecule has 2 N–H and O–H groups in total. The molecule has 0 unspecified atom stereocenters. The molecule has 0 saturated carbocycles. The number of carbonyl (C=O) groups is 1. The second-order valence-electron chi connectivity index (χ2n) is 8.18. The van der Waals surface area contributed by atoms with Gasteiger partial charge in [0.1, 0.15) is 24.6 Å². The molecular weight excluding hydrogens is 432 g/mol. The molecule has 178 valence electrons. The maximum Gasteiger partial charge on any atom is 0.407 e. The molecule has 0 aliphatic heterocycles. The molecule has 0 radical (unpaired) electrons. The van der Waals surface area contributed by atoms with Gasteiger partial charge in [-0.2, -0.15) is 4.73 Å². The summed E-state index contributed by atoms with van der Waals surface area (Å²) in [6, 6.07) is 17.2. The Morgan fingerprint density at radius 2 is 1.88 bits per heavy atom. The quantitative estimate of drug-likeness (QED) is 0.198. The van der Waals surface area contributed by atoms with E-state index < -0.39 is 6.09 Å². The van der Waals surface area contributed by atoms with Crippen LogP contribution in [-0.2, 0) is 17.8 Å². The molecule has 0 aliphatic carbocycles. The number of nitrogens with one attached hydrogen (secondary N) is 1. The third-order valence-corrected chi connectivity index (χ3v) is 5.61. The minimum absolute atomic E-state index is 0.256. The molecule has 0 atom stereocenters. The first kappa shape index (κ1) is 23.4. The number of para-hydroxylation sites is 1. The Morgan fingerprint density at radius 3 is 2.71 bits per heavy atom. The SMILES string of the molecule is CCCCc1nc2c[n+](O)c3ccccc3c2n1OCCCCNC(=O)OCc1ccccc1. The lowest BCUT2D eigenvalue weighted by Gasteiger charge is -2.12. The first-order valence-electron chi connectivity index (χ1n) is 11.8. The van der Waals surface area contributed by atoms with Crippen LogP contribution < -0.4 is 14.9 Å². The molecule has 0 spiro atoms. The zero-order chi connectivity index (χ0) is 23.8. The van der Waals surface area contributed by atoms with Crippen molar-refractivity contribution in [2.45, 2.75) is 45.6 Å². The van der Waals surface area contributed by atoms with Gasteiger partial charge in [-0.1, -0.05) is 55.8 Å². The number of hydrogen-bond donors (Lipinski definition) is 2. The van der Waals surface area contributed by atoms with Crippen molar-refractivity contribution in [3.05, 3.63) is 72.2 Å². The largest absolute Gasteiger partial charge is 0.445 e. The van der Waals surface area contributed by atoms with Crippen molar-refractivity contribution < 1.29 is 24.3 Å². The normalized spacial score (nSPS) is 11.1. The Hall–Kier alpha value is -3.81. The number of aromatic nitrogens is 3. The summed E-state index contributed by atoms with van der Waals surface area (Å²) in [5, 5.41) is 14.0. The molecule has 0 aliphatic rings. The van der Waals surface area contributed by atoms with Crippen LogP contribution in [0.15, 0.2) is 60.8 Å². The number of ether oxygens (including phenoxy) is 1. The summed E-state index contributed by atoms with van der Waals surface area (Å²) in [5.74, 6) is 0.843. The van der Waals surface area contributed by atoms with E-state index in [0.717, 1.165) is 59.1 Å². The minimum Gasteiger partial charge on any atom is -0.445 e. The second kappa shape index (κ2) is 11.4. The lowest BCUT2D eigenvalue weighted by molar-refractivity contribution is -0.883. The van der Waals surface area contributed by atoms with Crippen LogP contribution in [0.25, 0.3) is 21.9 Å². The zero-order valence-electron chi connectivity index (χ0n) is 19.4. The van der Waals surface area contributed by atoms with Crippen LogP contribution in [0.5, 0.6) is 0 Å². The minimum atomic E-state index is -0.420. The molecule has 2 heterocycles. The molecule has 8 heteroatoms. The van der Waals surface area contributed by atoms with Crippen LogP contribution in [0.2, 0.25) is 0 Å². The van der Waals surface area contributed by atoms with Crippen molar-refractivity contribution in [2.75, 3.05) is 13.2 Å². The number of pyridine rings is 1. The number of benzene rings is 2. The molecule has 34 heavy (non-hydrogen) atoms. The Labute approximate surface area is 198 Å². The van der Waals surface area contributed by atoms with Crippen molar-refractivity contribution in [2.24, 2.45) is 0 Å². The Morgan fingerprint density at radius 1 is 1.09 bits per heavy atom. The summed E-state index contributed by atoms with van der Waals surface area (Å²) in [4.78, 5) is 22.8. The number of amides is 1. The van der Waals surface area contributed by atoms with E-state index in [0.29, 0.717) is 24.2 Å². The number of aryl methyl sites for hydroxylation is 1. The van der Waals surface area contributed by atoms with Gasteiger partial charge >= 0.3 is 6.09 Å². The van der Waals surface area contributed by atoms with E-state index in [1.54, 1.807) is 6.20 Å². The van der Waals surface area contributed by atoms with Crippen molar-refractivity contribution in [1.29, 1.82) is 0 Å². The van der Waals surface area contributed by atoms with E-state index in [1.807, 2.05) is 59.3 Å². The Balaban J connectivity index is 1.33. The Kier molecular flexibility index (Phi) is 7.80. The van der Waals surface area contributed by atoms with E-state index in [9.17, 15) is 10.0 Å². The van der Waals surface area contributed by atoms with Gasteiger partial charge in [-0.05, 0) is 30.9 Å². The molecule has 1 amide bonds. The predicted octanol–water partition coefficient (Wildman–Crippen LogP) is 4.19. The van der Waals surface area contributed by atoms with Crippen molar-refractivity contribution in [3.63, 3.8) is 0 Å². The van der Waals surface area contributed by atoms with E-state index in [1.165, 1.54) is 0 Å². The number of hydrogen-bond acceptors (Lipinski definition) is 5. The highest BCUT2D eigenvalue weighted by Crippen LogP contribution is 2.23. The van der Waals surface area contributed by atoms with Crippen LogP contribution in [0.1, 0.15) is 44.0 Å². The number of rotatable bonds is 11. The van der Waals surface area contributed by atoms with Crippen LogP contribution in [0, 0.1) is 0 Å². The summed E-state index contributed by atoms with van der Waals surface area (Å²) >= 11 is 0. The topological polar surface area (TPSA) is 89.5 Å². The van der Waals surface area contributed by atoms with Gasteiger partial charge in [0.25, 0.3) is 11.7 Å². The fourth-order valence-electron chi connectivity index (χ4n) is 3.85.